The molecule has 0 aromatic carbocycles. The second kappa shape index (κ2) is 4.20. The summed E-state index contributed by atoms with van der Waals surface area (Å²) in [7, 11) is 0. The van der Waals surface area contributed by atoms with Crippen molar-refractivity contribution in [1.29, 1.82) is 0 Å². The van der Waals surface area contributed by atoms with Crippen LogP contribution in [0.25, 0.3) is 4.96 Å². The largest absolute Gasteiger partial charge is 0.378 e. The Morgan fingerprint density at radius 3 is 2.61 bits per heavy atom. The summed E-state index contributed by atoms with van der Waals surface area (Å²) in [6.07, 6.45) is 2.04. The predicted octanol–water partition coefficient (Wildman–Crippen LogP) is 1.92. The maximum absolute atomic E-state index is 5.35. The van der Waals surface area contributed by atoms with Gasteiger partial charge in [-0.1, -0.05) is 32.1 Å². The van der Waals surface area contributed by atoms with Gasteiger partial charge in [0.05, 0.1) is 25.1 Å². The fourth-order valence-electron chi connectivity index (χ4n) is 1.93. The minimum atomic E-state index is 0.0759. The monoisotopic (exact) mass is 266 g/mol. The Balaban J connectivity index is 1.90. The van der Waals surface area contributed by atoms with Crippen LogP contribution in [0.4, 0.5) is 5.13 Å². The van der Waals surface area contributed by atoms with Gasteiger partial charge in [-0.3, -0.25) is 0 Å². The molecule has 1 saturated heterocycles. The SMILES string of the molecule is CC(C)(C)c1cn2nc(N3CCOCC3)sc2n1. The minimum absolute atomic E-state index is 0.0759. The Morgan fingerprint density at radius 2 is 2.00 bits per heavy atom. The molecule has 3 heterocycles. The zero-order chi connectivity index (χ0) is 12.8. The first-order chi connectivity index (χ1) is 8.54. The summed E-state index contributed by atoms with van der Waals surface area (Å²) < 4.78 is 7.25. The molecule has 0 amide bonds. The molecule has 0 saturated carbocycles. The molecule has 18 heavy (non-hydrogen) atoms. The second-order valence-electron chi connectivity index (χ2n) is 5.59. The molecule has 5 nitrogen and oxygen atoms in total. The third kappa shape index (κ3) is 2.10. The molecule has 3 rings (SSSR count). The van der Waals surface area contributed by atoms with E-state index in [1.54, 1.807) is 11.3 Å². The van der Waals surface area contributed by atoms with Gasteiger partial charge in [0.2, 0.25) is 10.1 Å². The Hall–Kier alpha value is -1.14. The molecule has 2 aromatic heterocycles. The molecule has 2 aromatic rings. The number of anilines is 1. The predicted molar refractivity (Wildman–Crippen MR) is 72.6 cm³/mol. The van der Waals surface area contributed by atoms with Crippen LogP contribution >= 0.6 is 11.3 Å². The lowest BCUT2D eigenvalue weighted by Crippen LogP contribution is -2.36. The fourth-order valence-corrected chi connectivity index (χ4v) is 2.87. The molecule has 1 fully saturated rings. The van der Waals surface area contributed by atoms with E-state index < -0.39 is 0 Å². The van der Waals surface area contributed by atoms with E-state index in [2.05, 4.69) is 35.8 Å². The van der Waals surface area contributed by atoms with Crippen LogP contribution < -0.4 is 4.90 Å². The topological polar surface area (TPSA) is 42.7 Å². The summed E-state index contributed by atoms with van der Waals surface area (Å²) >= 11 is 1.65. The van der Waals surface area contributed by atoms with Gasteiger partial charge in [-0.2, -0.15) is 0 Å². The number of ether oxygens (including phenoxy) is 1. The van der Waals surface area contributed by atoms with Crippen molar-refractivity contribution in [1.82, 2.24) is 14.6 Å². The van der Waals surface area contributed by atoms with Crippen molar-refractivity contribution >= 4 is 21.4 Å². The fraction of sp³-hybridized carbons (Fsp3) is 0.667. The molecule has 0 bridgehead atoms. The lowest BCUT2D eigenvalue weighted by molar-refractivity contribution is 0.122. The van der Waals surface area contributed by atoms with Gasteiger partial charge in [-0.15, -0.1) is 5.10 Å². The smallest absolute Gasteiger partial charge is 0.214 e. The van der Waals surface area contributed by atoms with Gasteiger partial charge < -0.3 is 9.64 Å². The Bertz CT molecular complexity index is 516. The number of fused-ring (bicyclic) bond motifs is 1. The van der Waals surface area contributed by atoms with Crippen LogP contribution in [-0.2, 0) is 10.2 Å². The molecule has 0 atom stereocenters. The first kappa shape index (κ1) is 11.9. The van der Waals surface area contributed by atoms with Gasteiger partial charge >= 0.3 is 0 Å². The molecular weight excluding hydrogens is 248 g/mol. The van der Waals surface area contributed by atoms with Crippen LogP contribution in [0, 0.1) is 0 Å². The number of imidazole rings is 1. The van der Waals surface area contributed by atoms with Crippen molar-refractivity contribution in [3.05, 3.63) is 11.9 Å². The molecule has 0 unspecified atom stereocenters. The van der Waals surface area contributed by atoms with Crippen molar-refractivity contribution in [2.45, 2.75) is 26.2 Å². The van der Waals surface area contributed by atoms with Crippen LogP contribution in [-0.4, -0.2) is 40.9 Å². The number of aromatic nitrogens is 3. The van der Waals surface area contributed by atoms with Crippen LogP contribution in [0.3, 0.4) is 0 Å². The highest BCUT2D eigenvalue weighted by Crippen LogP contribution is 2.27. The highest BCUT2D eigenvalue weighted by Gasteiger charge is 2.21. The zero-order valence-electron chi connectivity index (χ0n) is 11.0. The van der Waals surface area contributed by atoms with Gasteiger partial charge in [-0.25, -0.2) is 9.50 Å². The molecule has 0 spiro atoms. The number of hydrogen-bond donors (Lipinski definition) is 0. The van der Waals surface area contributed by atoms with Crippen LogP contribution in [0.15, 0.2) is 6.20 Å². The standard InChI is InChI=1S/C12H18N4OS/c1-12(2,3)9-8-16-10(13-9)18-11(14-16)15-4-6-17-7-5-15/h8H,4-7H2,1-3H3. The van der Waals surface area contributed by atoms with Crippen molar-refractivity contribution in [3.8, 4) is 0 Å². The number of hydrogen-bond acceptors (Lipinski definition) is 5. The molecule has 0 aliphatic carbocycles. The Labute approximate surface area is 110 Å². The van der Waals surface area contributed by atoms with Gasteiger partial charge in [0, 0.05) is 18.5 Å². The second-order valence-corrected chi connectivity index (χ2v) is 6.52. The van der Waals surface area contributed by atoms with Gasteiger partial charge in [0.1, 0.15) is 0 Å². The maximum atomic E-state index is 5.35. The van der Waals surface area contributed by atoms with Gasteiger partial charge in [0.15, 0.2) is 0 Å². The van der Waals surface area contributed by atoms with E-state index in [9.17, 15) is 0 Å². The highest BCUT2D eigenvalue weighted by molar-refractivity contribution is 7.20. The highest BCUT2D eigenvalue weighted by atomic mass is 32.1. The first-order valence-corrected chi connectivity index (χ1v) is 7.05. The number of rotatable bonds is 1. The molecule has 98 valence electrons. The summed E-state index contributed by atoms with van der Waals surface area (Å²) in [6.45, 7) is 9.92. The van der Waals surface area contributed by atoms with E-state index in [1.165, 1.54) is 0 Å². The molecule has 1 aliphatic rings. The summed E-state index contributed by atoms with van der Waals surface area (Å²) in [5.74, 6) is 0. The van der Waals surface area contributed by atoms with Crippen LogP contribution in [0.2, 0.25) is 0 Å². The summed E-state index contributed by atoms with van der Waals surface area (Å²) in [5, 5.41) is 5.66. The summed E-state index contributed by atoms with van der Waals surface area (Å²) in [6, 6.07) is 0. The van der Waals surface area contributed by atoms with Crippen LogP contribution in [0.1, 0.15) is 26.5 Å². The molecular formula is C12H18N4OS. The average molecular weight is 266 g/mol. The number of nitrogens with zero attached hydrogens (tertiary/aromatic N) is 4. The first-order valence-electron chi connectivity index (χ1n) is 6.23. The Morgan fingerprint density at radius 1 is 1.28 bits per heavy atom. The lowest BCUT2D eigenvalue weighted by atomic mass is 9.93. The van der Waals surface area contributed by atoms with E-state index in [0.29, 0.717) is 0 Å². The lowest BCUT2D eigenvalue weighted by Gasteiger charge is -2.25. The molecule has 0 radical (unpaired) electrons. The molecule has 0 N–H and O–H groups in total. The van der Waals surface area contributed by atoms with Crippen molar-refractivity contribution < 1.29 is 4.74 Å². The van der Waals surface area contributed by atoms with Crippen molar-refractivity contribution in [3.63, 3.8) is 0 Å². The van der Waals surface area contributed by atoms with E-state index in [1.807, 2.05) is 10.7 Å². The van der Waals surface area contributed by atoms with E-state index >= 15 is 0 Å². The molecule has 1 aliphatic heterocycles. The van der Waals surface area contributed by atoms with Gasteiger partial charge in [0.25, 0.3) is 0 Å². The minimum Gasteiger partial charge on any atom is -0.378 e. The van der Waals surface area contributed by atoms with Gasteiger partial charge in [-0.05, 0) is 0 Å². The van der Waals surface area contributed by atoms with E-state index in [-0.39, 0.29) is 5.41 Å². The third-order valence-corrected chi connectivity index (χ3v) is 4.07. The van der Waals surface area contributed by atoms with E-state index in [4.69, 9.17) is 4.74 Å². The summed E-state index contributed by atoms with van der Waals surface area (Å²) in [4.78, 5) is 7.90. The van der Waals surface area contributed by atoms with Crippen LogP contribution in [0.5, 0.6) is 0 Å². The number of morpholine rings is 1. The maximum Gasteiger partial charge on any atom is 0.214 e. The van der Waals surface area contributed by atoms with Crippen molar-refractivity contribution in [2.75, 3.05) is 31.2 Å². The average Bonchev–Trinajstić information content (AvgIpc) is 2.86. The summed E-state index contributed by atoms with van der Waals surface area (Å²) in [5.41, 5.74) is 1.17. The van der Waals surface area contributed by atoms with Crippen molar-refractivity contribution in [2.24, 2.45) is 0 Å². The third-order valence-electron chi connectivity index (χ3n) is 3.08. The zero-order valence-corrected chi connectivity index (χ0v) is 11.8. The normalized spacial score (nSPS) is 17.6. The van der Waals surface area contributed by atoms with E-state index in [0.717, 1.165) is 42.1 Å². The molecule has 6 heteroatoms. The quantitative estimate of drug-likeness (QED) is 0.791. The Kier molecular flexibility index (Phi) is 2.79.